The van der Waals surface area contributed by atoms with Crippen LogP contribution in [0, 0.1) is 6.92 Å². The summed E-state index contributed by atoms with van der Waals surface area (Å²) in [6, 6.07) is 5.43. The van der Waals surface area contributed by atoms with Crippen LogP contribution in [-0.4, -0.2) is 30.1 Å². The molecule has 7 nitrogen and oxygen atoms in total. The van der Waals surface area contributed by atoms with Crippen LogP contribution in [0.1, 0.15) is 17.1 Å². The van der Waals surface area contributed by atoms with Crippen LogP contribution in [0.25, 0.3) is 11.6 Å². The summed E-state index contributed by atoms with van der Waals surface area (Å²) < 4.78 is 10.0. The monoisotopic (exact) mass is 333 g/mol. The van der Waals surface area contributed by atoms with Crippen molar-refractivity contribution in [3.8, 4) is 5.75 Å². The van der Waals surface area contributed by atoms with E-state index in [1.54, 1.807) is 19.3 Å². The minimum Gasteiger partial charge on any atom is -0.497 e. The fourth-order valence-corrected chi connectivity index (χ4v) is 2.70. The number of ether oxygens (including phenoxy) is 1. The molecule has 3 rings (SSSR count). The van der Waals surface area contributed by atoms with E-state index in [1.165, 1.54) is 7.11 Å². The second-order valence-electron chi connectivity index (χ2n) is 4.79. The van der Waals surface area contributed by atoms with Gasteiger partial charge in [0.2, 0.25) is 0 Å². The minimum absolute atomic E-state index is 0.176. The third-order valence-electron chi connectivity index (χ3n) is 3.33. The molecule has 0 saturated carbocycles. The lowest BCUT2D eigenvalue weighted by Gasteiger charge is -2.02. The van der Waals surface area contributed by atoms with Crippen molar-refractivity contribution >= 4 is 35.3 Å². The van der Waals surface area contributed by atoms with Gasteiger partial charge >= 0.3 is 0 Å². The maximum atomic E-state index is 12.2. The van der Waals surface area contributed by atoms with Gasteiger partial charge in [-0.25, -0.2) is 9.87 Å². The van der Waals surface area contributed by atoms with Gasteiger partial charge in [-0.1, -0.05) is 0 Å². The third kappa shape index (κ3) is 3.09. The van der Waals surface area contributed by atoms with Gasteiger partial charge in [0.1, 0.15) is 16.6 Å². The lowest BCUT2D eigenvalue weighted by atomic mass is 10.1. The highest BCUT2D eigenvalue weighted by Gasteiger charge is 2.25. The van der Waals surface area contributed by atoms with Crippen molar-refractivity contribution in [1.29, 1.82) is 0 Å². The van der Waals surface area contributed by atoms with Gasteiger partial charge in [0.25, 0.3) is 5.91 Å². The number of hydrogen-bond acceptors (Lipinski definition) is 6. The summed E-state index contributed by atoms with van der Waals surface area (Å²) in [4.78, 5) is 24.2. The Morgan fingerprint density at radius 2 is 2.13 bits per heavy atom. The zero-order valence-corrected chi connectivity index (χ0v) is 13.6. The Hall–Kier alpha value is -2.29. The van der Waals surface area contributed by atoms with Crippen LogP contribution < -0.4 is 10.1 Å². The summed E-state index contributed by atoms with van der Waals surface area (Å²) in [7, 11) is 3.01. The molecule has 1 aromatic carbocycles. The van der Waals surface area contributed by atoms with Gasteiger partial charge in [-0.3, -0.25) is 4.79 Å². The summed E-state index contributed by atoms with van der Waals surface area (Å²) in [5, 5.41) is 3.46. The predicted octanol–water partition coefficient (Wildman–Crippen LogP) is 2.80. The number of methoxy groups -OCH3 is 1. The Balaban J connectivity index is 1.96. The number of nitrogens with zero attached hydrogens (tertiary/aromatic N) is 1. The van der Waals surface area contributed by atoms with Gasteiger partial charge in [-0.2, -0.15) is 4.33 Å². The predicted molar refractivity (Wildman–Crippen MR) is 86.8 cm³/mol. The SMILES string of the molecule is COOSc1nc(C=C2C(=O)Nc3ccc(OC)cc32)[nH]c1C. The molecule has 2 N–H and O–H groups in total. The number of aromatic nitrogens is 2. The highest BCUT2D eigenvalue weighted by molar-refractivity contribution is 7.94. The Morgan fingerprint density at radius 1 is 1.30 bits per heavy atom. The normalized spacial score (nSPS) is 14.9. The first-order chi connectivity index (χ1) is 11.1. The number of amides is 1. The Kier molecular flexibility index (Phi) is 4.37. The molecule has 120 valence electrons. The van der Waals surface area contributed by atoms with Crippen LogP contribution in [0.4, 0.5) is 5.69 Å². The molecule has 1 aliphatic heterocycles. The Morgan fingerprint density at radius 3 is 2.87 bits per heavy atom. The van der Waals surface area contributed by atoms with Crippen LogP contribution in [-0.2, 0) is 14.0 Å². The molecule has 1 aliphatic rings. The first-order valence-electron chi connectivity index (χ1n) is 6.77. The molecule has 0 fully saturated rings. The molecule has 1 amide bonds. The first kappa shape index (κ1) is 15.6. The number of rotatable bonds is 5. The minimum atomic E-state index is -0.176. The number of imidazole rings is 1. The largest absolute Gasteiger partial charge is 0.497 e. The van der Waals surface area contributed by atoms with Crippen molar-refractivity contribution < 1.29 is 18.8 Å². The maximum Gasteiger partial charge on any atom is 0.256 e. The van der Waals surface area contributed by atoms with Gasteiger partial charge in [0, 0.05) is 16.9 Å². The van der Waals surface area contributed by atoms with Crippen molar-refractivity contribution in [2.45, 2.75) is 11.9 Å². The quantitative estimate of drug-likeness (QED) is 0.379. The van der Waals surface area contributed by atoms with Crippen LogP contribution >= 0.6 is 12.0 Å². The van der Waals surface area contributed by atoms with E-state index in [0.29, 0.717) is 22.2 Å². The van der Waals surface area contributed by atoms with E-state index in [1.807, 2.05) is 19.1 Å². The second kappa shape index (κ2) is 6.45. The van der Waals surface area contributed by atoms with Crippen LogP contribution in [0.5, 0.6) is 5.75 Å². The zero-order valence-electron chi connectivity index (χ0n) is 12.8. The van der Waals surface area contributed by atoms with Crippen LogP contribution in [0.2, 0.25) is 0 Å². The van der Waals surface area contributed by atoms with E-state index in [-0.39, 0.29) is 5.91 Å². The fraction of sp³-hybridized carbons (Fsp3) is 0.200. The lowest BCUT2D eigenvalue weighted by molar-refractivity contribution is -0.160. The molecule has 2 heterocycles. The Bertz CT molecular complexity index is 785. The van der Waals surface area contributed by atoms with E-state index in [4.69, 9.17) is 9.07 Å². The average molecular weight is 333 g/mol. The molecule has 0 spiro atoms. The summed E-state index contributed by atoms with van der Waals surface area (Å²) >= 11 is 1.00. The van der Waals surface area contributed by atoms with Crippen molar-refractivity contribution in [1.82, 2.24) is 9.97 Å². The smallest absolute Gasteiger partial charge is 0.256 e. The number of aryl methyl sites for hydroxylation is 1. The van der Waals surface area contributed by atoms with E-state index < -0.39 is 0 Å². The molecule has 0 bridgehead atoms. The van der Waals surface area contributed by atoms with E-state index in [9.17, 15) is 4.79 Å². The number of hydrogen-bond donors (Lipinski definition) is 2. The third-order valence-corrected chi connectivity index (χ3v) is 4.09. The number of anilines is 1. The van der Waals surface area contributed by atoms with E-state index in [2.05, 4.69) is 20.2 Å². The van der Waals surface area contributed by atoms with Gasteiger partial charge in [-0.15, -0.1) is 0 Å². The maximum absolute atomic E-state index is 12.2. The second-order valence-corrected chi connectivity index (χ2v) is 5.48. The van der Waals surface area contributed by atoms with Gasteiger partial charge in [0.15, 0.2) is 0 Å². The fourth-order valence-electron chi connectivity index (χ4n) is 2.26. The molecule has 0 radical (unpaired) electrons. The van der Waals surface area contributed by atoms with Gasteiger partial charge < -0.3 is 15.0 Å². The Labute approximate surface area is 137 Å². The standard InChI is InChI=1S/C15H15N3O4S/c1-8-15(23-22-21-3)18-13(16-8)7-11-10-6-9(20-2)4-5-12(10)17-14(11)19/h4-7H,1-3H3,(H,16,18)(H,17,19). The van der Waals surface area contributed by atoms with E-state index >= 15 is 0 Å². The number of fused-ring (bicyclic) bond motifs is 1. The highest BCUT2D eigenvalue weighted by atomic mass is 32.2. The van der Waals surface area contributed by atoms with Crippen molar-refractivity contribution in [2.75, 3.05) is 19.5 Å². The molecule has 0 aliphatic carbocycles. The molecule has 0 saturated heterocycles. The summed E-state index contributed by atoms with van der Waals surface area (Å²) in [6.45, 7) is 1.86. The molecule has 8 heteroatoms. The number of carbonyl (C=O) groups excluding carboxylic acids is 1. The molecule has 1 aromatic heterocycles. The average Bonchev–Trinajstić information content (AvgIpc) is 3.05. The van der Waals surface area contributed by atoms with Gasteiger partial charge in [0.05, 0.1) is 31.8 Å². The first-order valence-corrected chi connectivity index (χ1v) is 7.52. The molecule has 2 aromatic rings. The molecule has 0 unspecified atom stereocenters. The van der Waals surface area contributed by atoms with Crippen LogP contribution in [0.15, 0.2) is 23.2 Å². The molecular weight excluding hydrogens is 318 g/mol. The number of H-pyrrole nitrogens is 1. The van der Waals surface area contributed by atoms with Crippen molar-refractivity contribution in [2.24, 2.45) is 0 Å². The number of aromatic amines is 1. The van der Waals surface area contributed by atoms with Crippen molar-refractivity contribution in [3.63, 3.8) is 0 Å². The summed E-state index contributed by atoms with van der Waals surface area (Å²) in [5.41, 5.74) is 2.88. The summed E-state index contributed by atoms with van der Waals surface area (Å²) in [6.07, 6.45) is 1.70. The van der Waals surface area contributed by atoms with Crippen molar-refractivity contribution in [3.05, 3.63) is 35.3 Å². The van der Waals surface area contributed by atoms with Gasteiger partial charge in [-0.05, 0) is 31.2 Å². The molecule has 0 atom stereocenters. The van der Waals surface area contributed by atoms with E-state index in [0.717, 1.165) is 29.0 Å². The number of benzene rings is 1. The highest BCUT2D eigenvalue weighted by Crippen LogP contribution is 2.35. The summed E-state index contributed by atoms with van der Waals surface area (Å²) in [5.74, 6) is 1.07. The number of nitrogens with one attached hydrogen (secondary N) is 2. The zero-order chi connectivity index (χ0) is 16.4. The molecular formula is C15H15N3O4S. The van der Waals surface area contributed by atoms with Crippen LogP contribution in [0.3, 0.4) is 0 Å². The lowest BCUT2D eigenvalue weighted by Crippen LogP contribution is -2.03. The number of carbonyl (C=O) groups is 1. The molecule has 23 heavy (non-hydrogen) atoms. The topological polar surface area (TPSA) is 85.5 Å².